The molecule has 1 saturated heterocycles. The van der Waals surface area contributed by atoms with Crippen LogP contribution in [0.4, 0.5) is 10.5 Å². The van der Waals surface area contributed by atoms with E-state index in [0.717, 1.165) is 42.3 Å². The Morgan fingerprint density at radius 3 is 3.00 bits per heavy atom. The van der Waals surface area contributed by atoms with Gasteiger partial charge in [-0.3, -0.25) is 9.78 Å². The van der Waals surface area contributed by atoms with Crippen molar-refractivity contribution >= 4 is 28.5 Å². The summed E-state index contributed by atoms with van der Waals surface area (Å²) in [7, 11) is 0. The van der Waals surface area contributed by atoms with Crippen LogP contribution in [-0.2, 0) is 4.79 Å². The number of rotatable bonds is 6. The van der Waals surface area contributed by atoms with Crippen LogP contribution >= 0.6 is 0 Å². The largest absolute Gasteiger partial charge is 0.338 e. The Morgan fingerprint density at radius 1 is 1.27 bits per heavy atom. The van der Waals surface area contributed by atoms with Crippen LogP contribution < -0.4 is 10.6 Å². The fourth-order valence-electron chi connectivity index (χ4n) is 3.33. The molecule has 1 unspecified atom stereocenters. The van der Waals surface area contributed by atoms with E-state index >= 15 is 0 Å². The van der Waals surface area contributed by atoms with Crippen molar-refractivity contribution in [2.24, 2.45) is 0 Å². The predicted octanol–water partition coefficient (Wildman–Crippen LogP) is 3.54. The summed E-state index contributed by atoms with van der Waals surface area (Å²) in [6, 6.07) is 8.92. The van der Waals surface area contributed by atoms with Crippen molar-refractivity contribution in [3.63, 3.8) is 0 Å². The number of fused-ring (bicyclic) bond motifs is 1. The molecule has 1 aliphatic rings. The molecule has 3 rings (SSSR count). The van der Waals surface area contributed by atoms with E-state index in [9.17, 15) is 9.59 Å². The van der Waals surface area contributed by atoms with Crippen molar-refractivity contribution in [2.75, 3.05) is 18.4 Å². The van der Waals surface area contributed by atoms with Crippen LogP contribution in [0.1, 0.15) is 39.0 Å². The normalized spacial score (nSPS) is 16.7. The molecular weight excluding hydrogens is 328 g/mol. The molecule has 6 nitrogen and oxygen atoms in total. The second kappa shape index (κ2) is 8.65. The van der Waals surface area contributed by atoms with Gasteiger partial charge in [0.2, 0.25) is 5.91 Å². The molecule has 6 heteroatoms. The maximum Gasteiger partial charge on any atom is 0.318 e. The first kappa shape index (κ1) is 18.2. The quantitative estimate of drug-likeness (QED) is 0.779. The smallest absolute Gasteiger partial charge is 0.318 e. The standard InChI is InChI=1S/C20H26N4O2/c1-2-3-4-11-22-20(26)24-13-6-8-18(24)19(25)23-16-9-10-17-15(14-16)7-5-12-21-17/h5,7,9-10,12,14,18H,2-4,6,8,11,13H2,1H3,(H,22,26)(H,23,25). The first-order valence-electron chi connectivity index (χ1n) is 9.39. The van der Waals surface area contributed by atoms with Gasteiger partial charge in [-0.05, 0) is 43.5 Å². The lowest BCUT2D eigenvalue weighted by Gasteiger charge is -2.24. The zero-order valence-electron chi connectivity index (χ0n) is 15.2. The van der Waals surface area contributed by atoms with E-state index in [1.807, 2.05) is 30.3 Å². The van der Waals surface area contributed by atoms with Crippen molar-refractivity contribution in [2.45, 2.75) is 45.1 Å². The molecule has 3 amide bonds. The number of carbonyl (C=O) groups is 2. The molecule has 1 fully saturated rings. The van der Waals surface area contributed by atoms with E-state index in [4.69, 9.17) is 0 Å². The monoisotopic (exact) mass is 354 g/mol. The minimum absolute atomic E-state index is 0.130. The lowest BCUT2D eigenvalue weighted by atomic mass is 10.1. The second-order valence-electron chi connectivity index (χ2n) is 6.69. The number of nitrogens with zero attached hydrogens (tertiary/aromatic N) is 2. The van der Waals surface area contributed by atoms with Crippen molar-refractivity contribution in [1.82, 2.24) is 15.2 Å². The molecule has 0 radical (unpaired) electrons. The third kappa shape index (κ3) is 4.31. The van der Waals surface area contributed by atoms with E-state index in [1.54, 1.807) is 11.1 Å². The number of benzene rings is 1. The summed E-state index contributed by atoms with van der Waals surface area (Å²) >= 11 is 0. The van der Waals surface area contributed by atoms with Gasteiger partial charge in [0.05, 0.1) is 5.52 Å². The van der Waals surface area contributed by atoms with E-state index in [1.165, 1.54) is 0 Å². The summed E-state index contributed by atoms with van der Waals surface area (Å²) in [5.74, 6) is -0.130. The number of likely N-dealkylation sites (tertiary alicyclic amines) is 1. The van der Waals surface area contributed by atoms with E-state index < -0.39 is 6.04 Å². The van der Waals surface area contributed by atoms with Gasteiger partial charge < -0.3 is 15.5 Å². The number of hydrogen-bond acceptors (Lipinski definition) is 3. The van der Waals surface area contributed by atoms with Gasteiger partial charge in [-0.1, -0.05) is 25.8 Å². The average molecular weight is 354 g/mol. The Hall–Kier alpha value is -2.63. The van der Waals surface area contributed by atoms with E-state index in [2.05, 4.69) is 22.5 Å². The molecule has 138 valence electrons. The van der Waals surface area contributed by atoms with Gasteiger partial charge in [0.25, 0.3) is 0 Å². The predicted molar refractivity (Wildman–Crippen MR) is 103 cm³/mol. The molecule has 2 N–H and O–H groups in total. The average Bonchev–Trinajstić information content (AvgIpc) is 3.15. The summed E-state index contributed by atoms with van der Waals surface area (Å²) in [4.78, 5) is 31.0. The number of unbranched alkanes of at least 4 members (excludes halogenated alkanes) is 2. The van der Waals surface area contributed by atoms with Gasteiger partial charge in [0.1, 0.15) is 6.04 Å². The minimum atomic E-state index is -0.411. The molecule has 0 saturated carbocycles. The number of hydrogen-bond donors (Lipinski definition) is 2. The molecule has 1 aliphatic heterocycles. The fraction of sp³-hybridized carbons (Fsp3) is 0.450. The third-order valence-corrected chi connectivity index (χ3v) is 4.74. The number of amides is 3. The Labute approximate surface area is 154 Å². The van der Waals surface area contributed by atoms with E-state index in [0.29, 0.717) is 19.5 Å². The Kier molecular flexibility index (Phi) is 6.04. The van der Waals surface area contributed by atoms with Crippen LogP contribution in [0, 0.1) is 0 Å². The molecule has 26 heavy (non-hydrogen) atoms. The summed E-state index contributed by atoms with van der Waals surface area (Å²) in [5.41, 5.74) is 1.62. The first-order valence-corrected chi connectivity index (χ1v) is 9.39. The number of aromatic nitrogens is 1. The van der Waals surface area contributed by atoms with E-state index in [-0.39, 0.29) is 11.9 Å². The SMILES string of the molecule is CCCCCNC(=O)N1CCCC1C(=O)Nc1ccc2ncccc2c1. The molecule has 0 spiro atoms. The van der Waals surface area contributed by atoms with Crippen LogP contribution in [0.15, 0.2) is 36.5 Å². The molecule has 0 aliphatic carbocycles. The Bertz CT molecular complexity index is 777. The lowest BCUT2D eigenvalue weighted by molar-refractivity contribution is -0.119. The number of carbonyl (C=O) groups excluding carboxylic acids is 2. The van der Waals surface area contributed by atoms with Crippen LogP contribution in [0.5, 0.6) is 0 Å². The first-order chi connectivity index (χ1) is 12.7. The number of anilines is 1. The van der Waals surface area contributed by atoms with Crippen LogP contribution in [-0.4, -0.2) is 41.0 Å². The molecule has 2 aromatic rings. The number of nitrogens with one attached hydrogen (secondary N) is 2. The summed E-state index contributed by atoms with van der Waals surface area (Å²) in [5, 5.41) is 6.85. The number of pyridine rings is 1. The topological polar surface area (TPSA) is 74.3 Å². The fourth-order valence-corrected chi connectivity index (χ4v) is 3.33. The minimum Gasteiger partial charge on any atom is -0.338 e. The highest BCUT2D eigenvalue weighted by atomic mass is 16.2. The highest BCUT2D eigenvalue weighted by Gasteiger charge is 2.34. The summed E-state index contributed by atoms with van der Waals surface area (Å²) < 4.78 is 0. The molecular formula is C20H26N4O2. The van der Waals surface area contributed by atoms with Crippen molar-refractivity contribution in [1.29, 1.82) is 0 Å². The van der Waals surface area contributed by atoms with Crippen LogP contribution in [0.3, 0.4) is 0 Å². The van der Waals surface area contributed by atoms with Gasteiger partial charge in [0, 0.05) is 30.4 Å². The summed E-state index contributed by atoms with van der Waals surface area (Å²) in [6.45, 7) is 3.42. The highest BCUT2D eigenvalue weighted by molar-refractivity contribution is 5.98. The van der Waals surface area contributed by atoms with Gasteiger partial charge in [-0.25, -0.2) is 4.79 Å². The van der Waals surface area contributed by atoms with Crippen molar-refractivity contribution in [3.8, 4) is 0 Å². The second-order valence-corrected chi connectivity index (χ2v) is 6.69. The zero-order chi connectivity index (χ0) is 18.4. The highest BCUT2D eigenvalue weighted by Crippen LogP contribution is 2.21. The summed E-state index contributed by atoms with van der Waals surface area (Å²) in [6.07, 6.45) is 6.48. The zero-order valence-corrected chi connectivity index (χ0v) is 15.2. The van der Waals surface area contributed by atoms with Crippen molar-refractivity contribution in [3.05, 3.63) is 36.5 Å². The Balaban J connectivity index is 1.61. The molecule has 0 bridgehead atoms. The van der Waals surface area contributed by atoms with Gasteiger partial charge in [0.15, 0.2) is 0 Å². The lowest BCUT2D eigenvalue weighted by Crippen LogP contribution is -2.47. The van der Waals surface area contributed by atoms with Gasteiger partial charge in [-0.15, -0.1) is 0 Å². The molecule has 1 atom stereocenters. The van der Waals surface area contributed by atoms with Crippen molar-refractivity contribution < 1.29 is 9.59 Å². The van der Waals surface area contributed by atoms with Crippen LogP contribution in [0.2, 0.25) is 0 Å². The molecule has 1 aromatic heterocycles. The van der Waals surface area contributed by atoms with Gasteiger partial charge in [-0.2, -0.15) is 0 Å². The Morgan fingerprint density at radius 2 is 2.15 bits per heavy atom. The third-order valence-electron chi connectivity index (χ3n) is 4.74. The van der Waals surface area contributed by atoms with Gasteiger partial charge >= 0.3 is 6.03 Å². The molecule has 2 heterocycles. The van der Waals surface area contributed by atoms with Crippen LogP contribution in [0.25, 0.3) is 10.9 Å². The maximum absolute atomic E-state index is 12.7. The molecule has 1 aromatic carbocycles. The number of urea groups is 1. The maximum atomic E-state index is 12.7.